The van der Waals surface area contributed by atoms with Crippen molar-refractivity contribution in [3.05, 3.63) is 0 Å². The van der Waals surface area contributed by atoms with Crippen molar-refractivity contribution in [3.63, 3.8) is 0 Å². The van der Waals surface area contributed by atoms with Gasteiger partial charge in [0.05, 0.1) is 6.10 Å². The molecule has 0 rings (SSSR count). The first-order valence-corrected chi connectivity index (χ1v) is 2.53. The van der Waals surface area contributed by atoms with E-state index in [2.05, 4.69) is 5.32 Å². The van der Waals surface area contributed by atoms with E-state index in [1.807, 2.05) is 14.0 Å². The highest BCUT2D eigenvalue weighted by atomic mass is 16.3. The SMILES string of the molecule is CNC(C)C(C)O. The lowest BCUT2D eigenvalue weighted by molar-refractivity contribution is 0.157. The molecule has 0 heterocycles. The zero-order valence-electron chi connectivity index (χ0n) is 5.10. The maximum absolute atomic E-state index is 8.76. The Morgan fingerprint density at radius 3 is 1.86 bits per heavy atom. The van der Waals surface area contributed by atoms with Gasteiger partial charge in [0, 0.05) is 6.04 Å². The molecular weight excluding hydrogens is 90.1 g/mol. The van der Waals surface area contributed by atoms with Gasteiger partial charge in [0.2, 0.25) is 0 Å². The molecule has 2 nitrogen and oxygen atoms in total. The highest BCUT2D eigenvalue weighted by molar-refractivity contribution is 4.61. The van der Waals surface area contributed by atoms with E-state index in [1.54, 1.807) is 6.92 Å². The van der Waals surface area contributed by atoms with Gasteiger partial charge in [-0.15, -0.1) is 0 Å². The molecule has 2 unspecified atom stereocenters. The van der Waals surface area contributed by atoms with Crippen molar-refractivity contribution in [2.24, 2.45) is 0 Å². The van der Waals surface area contributed by atoms with Gasteiger partial charge in [-0.2, -0.15) is 0 Å². The Morgan fingerprint density at radius 2 is 1.86 bits per heavy atom. The summed E-state index contributed by atoms with van der Waals surface area (Å²) in [6.45, 7) is 3.70. The number of likely N-dealkylation sites (N-methyl/N-ethyl adjacent to an activating group) is 1. The summed E-state index contributed by atoms with van der Waals surface area (Å²) in [6, 6.07) is 0.208. The average molecular weight is 103 g/mol. The zero-order chi connectivity index (χ0) is 5.86. The smallest absolute Gasteiger partial charge is 0.0662 e. The van der Waals surface area contributed by atoms with Crippen LogP contribution >= 0.6 is 0 Å². The molecule has 0 fully saturated rings. The zero-order valence-corrected chi connectivity index (χ0v) is 5.10. The minimum Gasteiger partial charge on any atom is -0.392 e. The van der Waals surface area contributed by atoms with E-state index in [9.17, 15) is 0 Å². The van der Waals surface area contributed by atoms with Crippen LogP contribution in [0.25, 0.3) is 0 Å². The van der Waals surface area contributed by atoms with Crippen molar-refractivity contribution < 1.29 is 5.11 Å². The number of aliphatic hydroxyl groups excluding tert-OH is 1. The average Bonchev–Trinajstić information content (AvgIpc) is 1.65. The van der Waals surface area contributed by atoms with Crippen LogP contribution in [0.5, 0.6) is 0 Å². The normalized spacial score (nSPS) is 18.9. The Bertz CT molecular complexity index is 45.3. The van der Waals surface area contributed by atoms with Crippen LogP contribution in [0.4, 0.5) is 0 Å². The molecule has 0 aromatic rings. The maximum atomic E-state index is 8.76. The first kappa shape index (κ1) is 6.92. The standard InChI is InChI=1S/C5H13NO/c1-4(6-3)5(2)7/h4-7H,1-3H3. The molecule has 0 aliphatic rings. The molecule has 0 aromatic heterocycles. The van der Waals surface area contributed by atoms with Crippen LogP contribution in [0, 0.1) is 0 Å². The van der Waals surface area contributed by atoms with E-state index in [0.29, 0.717) is 0 Å². The molecule has 2 atom stereocenters. The fraction of sp³-hybridized carbons (Fsp3) is 1.00. The Kier molecular flexibility index (Phi) is 2.96. The monoisotopic (exact) mass is 103 g/mol. The molecule has 0 aliphatic heterocycles. The summed E-state index contributed by atoms with van der Waals surface area (Å²) in [5.74, 6) is 0. The molecule has 44 valence electrons. The molecular formula is C5H13NO. The Labute approximate surface area is 44.5 Å². The van der Waals surface area contributed by atoms with Gasteiger partial charge >= 0.3 is 0 Å². The molecule has 0 saturated carbocycles. The molecule has 2 N–H and O–H groups in total. The van der Waals surface area contributed by atoms with Crippen LogP contribution in [0.2, 0.25) is 0 Å². The van der Waals surface area contributed by atoms with Crippen molar-refractivity contribution in [3.8, 4) is 0 Å². The topological polar surface area (TPSA) is 32.3 Å². The number of nitrogens with one attached hydrogen (secondary N) is 1. The van der Waals surface area contributed by atoms with Gasteiger partial charge in [-0.05, 0) is 20.9 Å². The summed E-state index contributed by atoms with van der Waals surface area (Å²) in [5, 5.41) is 11.7. The van der Waals surface area contributed by atoms with Crippen LogP contribution in [-0.4, -0.2) is 24.3 Å². The molecule has 0 bridgehead atoms. The van der Waals surface area contributed by atoms with Crippen molar-refractivity contribution in [1.82, 2.24) is 5.32 Å². The van der Waals surface area contributed by atoms with E-state index >= 15 is 0 Å². The third-order valence-electron chi connectivity index (χ3n) is 1.18. The van der Waals surface area contributed by atoms with Gasteiger partial charge < -0.3 is 10.4 Å². The summed E-state index contributed by atoms with van der Waals surface area (Å²) in [6.07, 6.45) is -0.245. The van der Waals surface area contributed by atoms with Crippen LogP contribution < -0.4 is 5.32 Å². The highest BCUT2D eigenvalue weighted by Gasteiger charge is 2.02. The lowest BCUT2D eigenvalue weighted by Gasteiger charge is -2.11. The molecule has 7 heavy (non-hydrogen) atoms. The van der Waals surface area contributed by atoms with Gasteiger partial charge in [0.1, 0.15) is 0 Å². The molecule has 0 aromatic carbocycles. The lowest BCUT2D eigenvalue weighted by Crippen LogP contribution is -2.32. The molecule has 0 saturated heterocycles. The molecule has 0 amide bonds. The summed E-state index contributed by atoms with van der Waals surface area (Å²) in [5.41, 5.74) is 0. The van der Waals surface area contributed by atoms with E-state index in [0.717, 1.165) is 0 Å². The third kappa shape index (κ3) is 2.60. The molecule has 0 spiro atoms. The second-order valence-corrected chi connectivity index (χ2v) is 1.82. The summed E-state index contributed by atoms with van der Waals surface area (Å²) >= 11 is 0. The van der Waals surface area contributed by atoms with Crippen LogP contribution in [0.3, 0.4) is 0 Å². The molecule has 0 aliphatic carbocycles. The number of hydrogen-bond acceptors (Lipinski definition) is 2. The van der Waals surface area contributed by atoms with Gasteiger partial charge in [0.15, 0.2) is 0 Å². The van der Waals surface area contributed by atoms with Crippen molar-refractivity contribution in [2.45, 2.75) is 26.0 Å². The van der Waals surface area contributed by atoms with Gasteiger partial charge in [-0.25, -0.2) is 0 Å². The quantitative estimate of drug-likeness (QED) is 0.514. The Morgan fingerprint density at radius 1 is 1.43 bits per heavy atom. The van der Waals surface area contributed by atoms with Crippen molar-refractivity contribution >= 4 is 0 Å². The molecule has 0 radical (unpaired) electrons. The van der Waals surface area contributed by atoms with E-state index < -0.39 is 0 Å². The number of hydrogen-bond donors (Lipinski definition) is 2. The van der Waals surface area contributed by atoms with Crippen LogP contribution in [0.15, 0.2) is 0 Å². The first-order chi connectivity index (χ1) is 3.18. The fourth-order valence-electron chi connectivity index (χ4n) is 0.241. The Hall–Kier alpha value is -0.0800. The number of aliphatic hydroxyl groups is 1. The summed E-state index contributed by atoms with van der Waals surface area (Å²) < 4.78 is 0. The summed E-state index contributed by atoms with van der Waals surface area (Å²) in [7, 11) is 1.83. The van der Waals surface area contributed by atoms with Gasteiger partial charge in [-0.1, -0.05) is 0 Å². The lowest BCUT2D eigenvalue weighted by atomic mass is 10.2. The third-order valence-corrected chi connectivity index (χ3v) is 1.18. The van der Waals surface area contributed by atoms with Gasteiger partial charge in [-0.3, -0.25) is 0 Å². The highest BCUT2D eigenvalue weighted by Crippen LogP contribution is 1.86. The summed E-state index contributed by atoms with van der Waals surface area (Å²) in [4.78, 5) is 0. The van der Waals surface area contributed by atoms with E-state index in [1.165, 1.54) is 0 Å². The number of rotatable bonds is 2. The molecule has 2 heteroatoms. The second kappa shape index (κ2) is 2.99. The predicted octanol–water partition coefficient (Wildman–Crippen LogP) is -0.0249. The second-order valence-electron chi connectivity index (χ2n) is 1.82. The van der Waals surface area contributed by atoms with Crippen molar-refractivity contribution in [1.29, 1.82) is 0 Å². The van der Waals surface area contributed by atoms with Gasteiger partial charge in [0.25, 0.3) is 0 Å². The van der Waals surface area contributed by atoms with E-state index in [4.69, 9.17) is 5.11 Å². The first-order valence-electron chi connectivity index (χ1n) is 2.53. The van der Waals surface area contributed by atoms with Crippen molar-refractivity contribution in [2.75, 3.05) is 7.05 Å². The van der Waals surface area contributed by atoms with Crippen LogP contribution in [-0.2, 0) is 0 Å². The minimum atomic E-state index is -0.245. The minimum absolute atomic E-state index is 0.208. The predicted molar refractivity (Wildman–Crippen MR) is 30.2 cm³/mol. The fourth-order valence-corrected chi connectivity index (χ4v) is 0.241. The van der Waals surface area contributed by atoms with Crippen LogP contribution in [0.1, 0.15) is 13.8 Å². The maximum Gasteiger partial charge on any atom is 0.0662 e. The largest absolute Gasteiger partial charge is 0.392 e. The van der Waals surface area contributed by atoms with E-state index in [-0.39, 0.29) is 12.1 Å². The Balaban J connectivity index is 3.14.